The van der Waals surface area contributed by atoms with Gasteiger partial charge in [-0.15, -0.1) is 11.8 Å². The molecule has 0 aliphatic rings. The maximum absolute atomic E-state index is 12.3. The average molecular weight is 207 g/mol. The third-order valence-electron chi connectivity index (χ3n) is 1.53. The van der Waals surface area contributed by atoms with Crippen molar-refractivity contribution in [1.29, 1.82) is 0 Å². The van der Waals surface area contributed by atoms with Gasteiger partial charge in [-0.25, -0.2) is 0 Å². The SMILES string of the molecule is CSc1cc(N)ccc1C(F)(F)F. The van der Waals surface area contributed by atoms with E-state index in [1.54, 1.807) is 6.26 Å². The minimum Gasteiger partial charge on any atom is -0.399 e. The number of thioether (sulfide) groups is 1. The maximum Gasteiger partial charge on any atom is 0.417 e. The lowest BCUT2D eigenvalue weighted by molar-refractivity contribution is -0.139. The van der Waals surface area contributed by atoms with Gasteiger partial charge in [0.1, 0.15) is 0 Å². The lowest BCUT2D eigenvalue weighted by Gasteiger charge is -2.11. The molecule has 0 bridgehead atoms. The Morgan fingerprint density at radius 2 is 1.92 bits per heavy atom. The van der Waals surface area contributed by atoms with E-state index < -0.39 is 11.7 Å². The first-order valence-corrected chi connectivity index (χ1v) is 4.68. The maximum atomic E-state index is 12.3. The highest BCUT2D eigenvalue weighted by molar-refractivity contribution is 7.98. The van der Waals surface area contributed by atoms with E-state index in [9.17, 15) is 13.2 Å². The van der Waals surface area contributed by atoms with Gasteiger partial charge in [-0.05, 0) is 24.5 Å². The minimum absolute atomic E-state index is 0.160. The van der Waals surface area contributed by atoms with E-state index >= 15 is 0 Å². The normalized spacial score (nSPS) is 11.7. The van der Waals surface area contributed by atoms with Crippen molar-refractivity contribution in [3.8, 4) is 0 Å². The van der Waals surface area contributed by atoms with Gasteiger partial charge < -0.3 is 5.73 Å². The van der Waals surface area contributed by atoms with Crippen LogP contribution >= 0.6 is 11.8 Å². The summed E-state index contributed by atoms with van der Waals surface area (Å²) in [5, 5.41) is 0. The molecular weight excluding hydrogens is 199 g/mol. The zero-order valence-electron chi connectivity index (χ0n) is 6.85. The molecule has 13 heavy (non-hydrogen) atoms. The van der Waals surface area contributed by atoms with Gasteiger partial charge in [-0.3, -0.25) is 0 Å². The average Bonchev–Trinajstić information content (AvgIpc) is 2.01. The molecule has 1 rings (SSSR count). The predicted octanol–water partition coefficient (Wildman–Crippen LogP) is 3.01. The Hall–Kier alpha value is -0.840. The van der Waals surface area contributed by atoms with Gasteiger partial charge in [0, 0.05) is 10.6 Å². The van der Waals surface area contributed by atoms with Gasteiger partial charge in [-0.2, -0.15) is 13.2 Å². The van der Waals surface area contributed by atoms with Gasteiger partial charge in [0.15, 0.2) is 0 Å². The summed E-state index contributed by atoms with van der Waals surface area (Å²) in [6, 6.07) is 3.58. The Labute approximate surface area is 78.1 Å². The van der Waals surface area contributed by atoms with E-state index in [2.05, 4.69) is 0 Å². The second-order valence-electron chi connectivity index (χ2n) is 2.46. The number of rotatable bonds is 1. The van der Waals surface area contributed by atoms with Gasteiger partial charge in [0.25, 0.3) is 0 Å². The van der Waals surface area contributed by atoms with E-state index in [-0.39, 0.29) is 4.90 Å². The van der Waals surface area contributed by atoms with Crippen LogP contribution in [0.1, 0.15) is 5.56 Å². The molecule has 0 amide bonds. The summed E-state index contributed by atoms with van der Waals surface area (Å²) in [6.45, 7) is 0. The monoisotopic (exact) mass is 207 g/mol. The largest absolute Gasteiger partial charge is 0.417 e. The summed E-state index contributed by atoms with van der Waals surface area (Å²) in [4.78, 5) is 0.160. The van der Waals surface area contributed by atoms with Crippen LogP contribution < -0.4 is 5.73 Å². The second-order valence-corrected chi connectivity index (χ2v) is 3.31. The van der Waals surface area contributed by atoms with E-state index in [1.807, 2.05) is 0 Å². The van der Waals surface area contributed by atoms with Crippen molar-refractivity contribution in [2.24, 2.45) is 0 Å². The molecule has 0 unspecified atom stereocenters. The van der Waals surface area contributed by atoms with Crippen LogP contribution in [0.15, 0.2) is 23.1 Å². The smallest absolute Gasteiger partial charge is 0.399 e. The molecule has 0 atom stereocenters. The molecule has 0 spiro atoms. The summed E-state index contributed by atoms with van der Waals surface area (Å²) in [6.07, 6.45) is -2.71. The van der Waals surface area contributed by atoms with Crippen LogP contribution in [0.4, 0.5) is 18.9 Å². The highest BCUT2D eigenvalue weighted by Crippen LogP contribution is 2.36. The third kappa shape index (κ3) is 2.30. The Bertz CT molecular complexity index is 309. The van der Waals surface area contributed by atoms with E-state index in [1.165, 1.54) is 12.1 Å². The molecule has 0 radical (unpaired) electrons. The van der Waals surface area contributed by atoms with E-state index in [0.717, 1.165) is 17.8 Å². The van der Waals surface area contributed by atoms with Crippen LogP contribution in [0.2, 0.25) is 0 Å². The quantitative estimate of drug-likeness (QED) is 0.566. The molecule has 5 heteroatoms. The zero-order valence-corrected chi connectivity index (χ0v) is 7.67. The van der Waals surface area contributed by atoms with Crippen molar-refractivity contribution in [3.05, 3.63) is 23.8 Å². The van der Waals surface area contributed by atoms with Crippen molar-refractivity contribution in [1.82, 2.24) is 0 Å². The van der Waals surface area contributed by atoms with Crippen molar-refractivity contribution in [2.45, 2.75) is 11.1 Å². The standard InChI is InChI=1S/C8H8F3NS/c1-13-7-4-5(12)2-3-6(7)8(9,10)11/h2-4H,12H2,1H3. The van der Waals surface area contributed by atoms with E-state index in [0.29, 0.717) is 5.69 Å². The Kier molecular flexibility index (Phi) is 2.75. The number of nitrogen functional groups attached to an aromatic ring is 1. The molecule has 72 valence electrons. The number of anilines is 1. The molecule has 0 saturated carbocycles. The second kappa shape index (κ2) is 3.49. The van der Waals surface area contributed by atoms with E-state index in [4.69, 9.17) is 5.73 Å². The molecule has 1 aromatic carbocycles. The Morgan fingerprint density at radius 3 is 2.38 bits per heavy atom. The Morgan fingerprint density at radius 1 is 1.31 bits per heavy atom. The molecule has 0 heterocycles. The van der Waals surface area contributed by atoms with Crippen molar-refractivity contribution in [3.63, 3.8) is 0 Å². The lowest BCUT2D eigenvalue weighted by Crippen LogP contribution is -2.06. The van der Waals surface area contributed by atoms with Crippen molar-refractivity contribution in [2.75, 3.05) is 12.0 Å². The molecular formula is C8H8F3NS. The Balaban J connectivity index is 3.22. The number of nitrogens with two attached hydrogens (primary N) is 1. The van der Waals surface area contributed by atoms with Crippen molar-refractivity contribution >= 4 is 17.4 Å². The molecule has 0 aliphatic carbocycles. The number of hydrogen-bond donors (Lipinski definition) is 1. The molecule has 1 nitrogen and oxygen atoms in total. The zero-order chi connectivity index (χ0) is 10.1. The first kappa shape index (κ1) is 10.2. The molecule has 2 N–H and O–H groups in total. The van der Waals surface area contributed by atoms with Crippen LogP contribution in [0.5, 0.6) is 0 Å². The number of hydrogen-bond acceptors (Lipinski definition) is 2. The molecule has 0 fully saturated rings. The number of halogens is 3. The fourth-order valence-corrected chi connectivity index (χ4v) is 1.60. The molecule has 0 saturated heterocycles. The first-order valence-electron chi connectivity index (χ1n) is 3.46. The van der Waals surface area contributed by atoms with Gasteiger partial charge >= 0.3 is 6.18 Å². The van der Waals surface area contributed by atoms with Crippen LogP contribution in [-0.4, -0.2) is 6.26 Å². The fourth-order valence-electron chi connectivity index (χ4n) is 0.942. The minimum atomic E-state index is -4.30. The highest BCUT2D eigenvalue weighted by Gasteiger charge is 2.32. The first-order chi connectivity index (χ1) is 5.95. The summed E-state index contributed by atoms with van der Waals surface area (Å²) < 4.78 is 36.9. The van der Waals surface area contributed by atoms with Crippen LogP contribution in [0, 0.1) is 0 Å². The van der Waals surface area contributed by atoms with Gasteiger partial charge in [0.2, 0.25) is 0 Å². The van der Waals surface area contributed by atoms with Crippen LogP contribution in [0.25, 0.3) is 0 Å². The molecule has 0 aromatic heterocycles. The predicted molar refractivity (Wildman–Crippen MR) is 47.6 cm³/mol. The third-order valence-corrected chi connectivity index (χ3v) is 2.31. The summed E-state index contributed by atoms with van der Waals surface area (Å²) in [5.74, 6) is 0. The molecule has 0 aliphatic heterocycles. The summed E-state index contributed by atoms with van der Waals surface area (Å²) >= 11 is 1.04. The highest BCUT2D eigenvalue weighted by atomic mass is 32.2. The van der Waals surface area contributed by atoms with Crippen LogP contribution in [0.3, 0.4) is 0 Å². The van der Waals surface area contributed by atoms with Crippen molar-refractivity contribution < 1.29 is 13.2 Å². The topological polar surface area (TPSA) is 26.0 Å². The molecule has 1 aromatic rings. The van der Waals surface area contributed by atoms with Gasteiger partial charge in [-0.1, -0.05) is 0 Å². The summed E-state index contributed by atoms with van der Waals surface area (Å²) in [5.41, 5.74) is 5.08. The fraction of sp³-hybridized carbons (Fsp3) is 0.250. The lowest BCUT2D eigenvalue weighted by atomic mass is 10.2. The number of alkyl halides is 3. The number of benzene rings is 1. The summed E-state index contributed by atoms with van der Waals surface area (Å²) in [7, 11) is 0. The van der Waals surface area contributed by atoms with Gasteiger partial charge in [0.05, 0.1) is 5.56 Å². The van der Waals surface area contributed by atoms with Crippen LogP contribution in [-0.2, 0) is 6.18 Å².